The summed E-state index contributed by atoms with van der Waals surface area (Å²) in [5.74, 6) is -1.25. The predicted molar refractivity (Wildman–Crippen MR) is 49.6 cm³/mol. The van der Waals surface area contributed by atoms with Crippen molar-refractivity contribution in [2.75, 3.05) is 6.61 Å². The molecule has 7 heteroatoms. The molecule has 1 rings (SSSR count). The lowest BCUT2D eigenvalue weighted by molar-refractivity contribution is -0.129. The maximum atomic E-state index is 10.7. The smallest absolute Gasteiger partial charge is 0.360 e. The van der Waals surface area contributed by atoms with E-state index in [0.29, 0.717) is 0 Å². The largest absolute Gasteiger partial charge is 0.486 e. The van der Waals surface area contributed by atoms with Crippen molar-refractivity contribution in [3.8, 4) is 5.19 Å². The SMILES string of the molecule is CCO/N=C(\C(=O)O)c1csc(O)n1. The maximum Gasteiger partial charge on any atom is 0.360 e. The van der Waals surface area contributed by atoms with E-state index in [4.69, 9.17) is 10.2 Å². The van der Waals surface area contributed by atoms with Crippen LogP contribution in [0.25, 0.3) is 0 Å². The van der Waals surface area contributed by atoms with Crippen LogP contribution in [0, 0.1) is 0 Å². The van der Waals surface area contributed by atoms with Crippen molar-refractivity contribution >= 4 is 23.0 Å². The number of oxime groups is 1. The molecule has 1 heterocycles. The van der Waals surface area contributed by atoms with Gasteiger partial charge in [0, 0.05) is 5.38 Å². The van der Waals surface area contributed by atoms with Gasteiger partial charge in [-0.2, -0.15) is 0 Å². The lowest BCUT2D eigenvalue weighted by Gasteiger charge is -1.96. The first-order valence-corrected chi connectivity index (χ1v) is 4.61. The van der Waals surface area contributed by atoms with Gasteiger partial charge < -0.3 is 15.1 Å². The van der Waals surface area contributed by atoms with E-state index in [2.05, 4.69) is 15.0 Å². The van der Waals surface area contributed by atoms with E-state index >= 15 is 0 Å². The highest BCUT2D eigenvalue weighted by Gasteiger charge is 2.17. The molecular weight excluding hydrogens is 208 g/mol. The van der Waals surface area contributed by atoms with Crippen LogP contribution < -0.4 is 0 Å². The van der Waals surface area contributed by atoms with E-state index in [1.54, 1.807) is 6.92 Å². The molecule has 76 valence electrons. The number of aromatic nitrogens is 1. The van der Waals surface area contributed by atoms with Crippen LogP contribution in [0.1, 0.15) is 12.6 Å². The van der Waals surface area contributed by atoms with Crippen molar-refractivity contribution in [1.82, 2.24) is 4.98 Å². The summed E-state index contributed by atoms with van der Waals surface area (Å²) in [6.07, 6.45) is 0. The molecule has 0 saturated carbocycles. The number of hydrogen-bond acceptors (Lipinski definition) is 6. The number of carboxylic acids is 1. The Kier molecular flexibility index (Phi) is 3.41. The first-order chi connectivity index (χ1) is 6.65. The van der Waals surface area contributed by atoms with Crippen LogP contribution in [0.15, 0.2) is 10.5 Å². The third kappa shape index (κ3) is 2.43. The molecule has 0 spiro atoms. The normalized spacial score (nSPS) is 11.4. The van der Waals surface area contributed by atoms with E-state index < -0.39 is 5.97 Å². The topological polar surface area (TPSA) is 92.0 Å². The van der Waals surface area contributed by atoms with Crippen molar-refractivity contribution in [2.24, 2.45) is 5.16 Å². The summed E-state index contributed by atoms with van der Waals surface area (Å²) in [7, 11) is 0. The van der Waals surface area contributed by atoms with E-state index in [1.165, 1.54) is 5.38 Å². The molecule has 0 bridgehead atoms. The number of carbonyl (C=O) groups is 1. The number of hydrogen-bond donors (Lipinski definition) is 2. The molecular formula is C7H8N2O4S. The summed E-state index contributed by atoms with van der Waals surface area (Å²) in [5.41, 5.74) is -0.225. The summed E-state index contributed by atoms with van der Waals surface area (Å²) in [5, 5.41) is 22.2. The van der Waals surface area contributed by atoms with Gasteiger partial charge in [0.2, 0.25) is 5.71 Å². The molecule has 1 aromatic heterocycles. The van der Waals surface area contributed by atoms with Gasteiger partial charge in [-0.15, -0.1) is 0 Å². The molecule has 2 N–H and O–H groups in total. The Bertz CT molecular complexity index is 360. The summed E-state index contributed by atoms with van der Waals surface area (Å²) >= 11 is 0.928. The molecule has 0 saturated heterocycles. The molecule has 0 radical (unpaired) electrons. The fraction of sp³-hybridized carbons (Fsp3) is 0.286. The number of aliphatic carboxylic acids is 1. The minimum Gasteiger partial charge on any atom is -0.486 e. The van der Waals surface area contributed by atoms with Gasteiger partial charge in [-0.25, -0.2) is 9.78 Å². The molecule has 0 aliphatic rings. The zero-order valence-electron chi connectivity index (χ0n) is 7.30. The molecule has 1 aromatic rings. The molecule has 0 aliphatic carbocycles. The predicted octanol–water partition coefficient (Wildman–Crippen LogP) is 0.674. The van der Waals surface area contributed by atoms with Gasteiger partial charge in [0.15, 0.2) is 0 Å². The Hall–Kier alpha value is -1.63. The Labute approximate surface area is 83.5 Å². The number of carboxylic acid groups (broad SMARTS) is 1. The van der Waals surface area contributed by atoms with E-state index in [9.17, 15) is 4.79 Å². The fourth-order valence-corrected chi connectivity index (χ4v) is 1.23. The Morgan fingerprint density at radius 1 is 1.79 bits per heavy atom. The Balaban J connectivity index is 2.94. The average molecular weight is 216 g/mol. The van der Waals surface area contributed by atoms with Gasteiger partial charge in [0.05, 0.1) is 0 Å². The highest BCUT2D eigenvalue weighted by Crippen LogP contribution is 2.16. The van der Waals surface area contributed by atoms with Crippen LogP contribution in [0.3, 0.4) is 0 Å². The minimum absolute atomic E-state index is 0.0912. The molecule has 0 atom stereocenters. The van der Waals surface area contributed by atoms with E-state index in [0.717, 1.165) is 11.3 Å². The molecule has 0 aliphatic heterocycles. The lowest BCUT2D eigenvalue weighted by atomic mass is 10.3. The molecule has 0 fully saturated rings. The van der Waals surface area contributed by atoms with Crippen LogP contribution in [-0.2, 0) is 9.63 Å². The highest BCUT2D eigenvalue weighted by molar-refractivity contribution is 7.11. The fourth-order valence-electron chi connectivity index (χ4n) is 0.698. The standard InChI is InChI=1S/C7H8N2O4S/c1-2-13-9-5(6(10)11)4-3-14-7(12)8-4/h3H,2H2,1H3,(H,8,12)(H,10,11)/b9-5-. The van der Waals surface area contributed by atoms with Gasteiger partial charge in [-0.1, -0.05) is 16.5 Å². The van der Waals surface area contributed by atoms with E-state index in [1.807, 2.05) is 0 Å². The van der Waals surface area contributed by atoms with Crippen molar-refractivity contribution in [3.63, 3.8) is 0 Å². The van der Waals surface area contributed by atoms with Gasteiger partial charge in [-0.3, -0.25) is 0 Å². The second kappa shape index (κ2) is 4.56. The third-order valence-electron chi connectivity index (χ3n) is 1.22. The van der Waals surface area contributed by atoms with E-state index in [-0.39, 0.29) is 23.2 Å². The maximum absolute atomic E-state index is 10.7. The van der Waals surface area contributed by atoms with Crippen molar-refractivity contribution in [2.45, 2.75) is 6.92 Å². The zero-order chi connectivity index (χ0) is 10.6. The quantitative estimate of drug-likeness (QED) is 0.570. The molecule has 14 heavy (non-hydrogen) atoms. The van der Waals surface area contributed by atoms with Gasteiger partial charge >= 0.3 is 5.97 Å². The van der Waals surface area contributed by atoms with Gasteiger partial charge in [0.25, 0.3) is 5.19 Å². The highest BCUT2D eigenvalue weighted by atomic mass is 32.1. The van der Waals surface area contributed by atoms with Crippen LogP contribution in [0.4, 0.5) is 0 Å². The van der Waals surface area contributed by atoms with Crippen LogP contribution >= 0.6 is 11.3 Å². The number of aromatic hydroxyl groups is 1. The number of nitrogens with zero attached hydrogens (tertiary/aromatic N) is 2. The zero-order valence-corrected chi connectivity index (χ0v) is 8.11. The van der Waals surface area contributed by atoms with Gasteiger partial charge in [0.1, 0.15) is 12.3 Å². The number of thiazole rings is 1. The molecule has 0 unspecified atom stereocenters. The lowest BCUT2D eigenvalue weighted by Crippen LogP contribution is -2.15. The van der Waals surface area contributed by atoms with Crippen molar-refractivity contribution in [3.05, 3.63) is 11.1 Å². The minimum atomic E-state index is -1.25. The summed E-state index contributed by atoms with van der Waals surface area (Å²) in [6, 6.07) is 0. The average Bonchev–Trinajstić information content (AvgIpc) is 2.52. The van der Waals surface area contributed by atoms with Crippen molar-refractivity contribution < 1.29 is 19.8 Å². The monoisotopic (exact) mass is 216 g/mol. The first kappa shape index (κ1) is 10.5. The third-order valence-corrected chi connectivity index (χ3v) is 1.87. The Morgan fingerprint density at radius 3 is 2.93 bits per heavy atom. The van der Waals surface area contributed by atoms with Crippen LogP contribution in [0.5, 0.6) is 5.19 Å². The second-order valence-electron chi connectivity index (χ2n) is 2.18. The molecule has 0 aromatic carbocycles. The summed E-state index contributed by atoms with van der Waals surface area (Å²) < 4.78 is 0. The first-order valence-electron chi connectivity index (χ1n) is 3.73. The second-order valence-corrected chi connectivity index (χ2v) is 3.01. The molecule has 6 nitrogen and oxygen atoms in total. The Morgan fingerprint density at radius 2 is 2.50 bits per heavy atom. The number of rotatable bonds is 4. The molecule has 0 amide bonds. The van der Waals surface area contributed by atoms with Gasteiger partial charge in [-0.05, 0) is 6.92 Å². The summed E-state index contributed by atoms with van der Waals surface area (Å²) in [6.45, 7) is 1.95. The van der Waals surface area contributed by atoms with Crippen LogP contribution in [0.2, 0.25) is 0 Å². The summed E-state index contributed by atoms with van der Waals surface area (Å²) in [4.78, 5) is 18.9. The van der Waals surface area contributed by atoms with Crippen LogP contribution in [-0.4, -0.2) is 33.5 Å². The van der Waals surface area contributed by atoms with Crippen molar-refractivity contribution in [1.29, 1.82) is 0 Å².